The van der Waals surface area contributed by atoms with Crippen LogP contribution in [0.1, 0.15) is 41.6 Å². The molecule has 1 N–H and O–H groups in total. The molecule has 2 aliphatic rings. The fourth-order valence-corrected chi connectivity index (χ4v) is 3.71. The van der Waals surface area contributed by atoms with Crippen LogP contribution in [0, 0.1) is 17.8 Å². The summed E-state index contributed by atoms with van der Waals surface area (Å²) < 4.78 is 0. The molecule has 17 heavy (non-hydrogen) atoms. The summed E-state index contributed by atoms with van der Waals surface area (Å²) in [4.78, 5) is 10.8. The van der Waals surface area contributed by atoms with E-state index < -0.39 is 5.97 Å². The molecule has 0 aliphatic heterocycles. The van der Waals surface area contributed by atoms with Gasteiger partial charge in [-0.1, -0.05) is 18.6 Å². The van der Waals surface area contributed by atoms with Gasteiger partial charge >= 0.3 is 5.97 Å². The van der Waals surface area contributed by atoms with E-state index in [1.165, 1.54) is 31.2 Å². The van der Waals surface area contributed by atoms with Crippen LogP contribution in [0.4, 0.5) is 0 Å². The van der Waals surface area contributed by atoms with E-state index in [9.17, 15) is 4.79 Å². The average molecular weight is 230 g/mol. The average Bonchev–Trinajstić information content (AvgIpc) is 2.91. The standard InChI is InChI=1S/C15H18O2/c16-15(17)12-4-1-10(2-5-12)7-14-9-11-3-6-13(14)8-11/h1-2,4-5,11,13-14H,3,6-9H2,(H,16,17)/t11-,13-,14+/m1/s1. The van der Waals surface area contributed by atoms with Gasteiger partial charge in [-0.2, -0.15) is 0 Å². The lowest BCUT2D eigenvalue weighted by Crippen LogP contribution is -2.13. The topological polar surface area (TPSA) is 37.3 Å². The smallest absolute Gasteiger partial charge is 0.335 e. The molecule has 1 aromatic rings. The van der Waals surface area contributed by atoms with Crippen molar-refractivity contribution in [3.05, 3.63) is 35.4 Å². The van der Waals surface area contributed by atoms with Gasteiger partial charge < -0.3 is 5.11 Å². The molecule has 2 fully saturated rings. The van der Waals surface area contributed by atoms with Gasteiger partial charge in [0.05, 0.1) is 5.56 Å². The third-order valence-electron chi connectivity index (χ3n) is 4.58. The van der Waals surface area contributed by atoms with Gasteiger partial charge in [0.15, 0.2) is 0 Å². The highest BCUT2D eigenvalue weighted by atomic mass is 16.4. The highest BCUT2D eigenvalue weighted by Crippen LogP contribution is 2.49. The highest BCUT2D eigenvalue weighted by Gasteiger charge is 2.39. The number of hydrogen-bond donors (Lipinski definition) is 1. The normalized spacial score (nSPS) is 30.7. The Labute approximate surface area is 102 Å². The minimum absolute atomic E-state index is 0.390. The van der Waals surface area contributed by atoms with E-state index in [0.29, 0.717) is 5.56 Å². The maximum atomic E-state index is 10.8. The number of fused-ring (bicyclic) bond motifs is 2. The lowest BCUT2D eigenvalue weighted by molar-refractivity contribution is 0.0697. The molecule has 2 saturated carbocycles. The van der Waals surface area contributed by atoms with Crippen LogP contribution in [0.3, 0.4) is 0 Å². The Bertz CT molecular complexity index is 421. The van der Waals surface area contributed by atoms with Gasteiger partial charge in [0.2, 0.25) is 0 Å². The Morgan fingerprint density at radius 3 is 2.47 bits per heavy atom. The van der Waals surface area contributed by atoms with E-state index >= 15 is 0 Å². The number of carbonyl (C=O) groups is 1. The van der Waals surface area contributed by atoms with Crippen LogP contribution in [0.25, 0.3) is 0 Å². The van der Waals surface area contributed by atoms with Crippen LogP contribution < -0.4 is 0 Å². The minimum atomic E-state index is -0.837. The molecule has 3 rings (SSSR count). The molecule has 1 aromatic carbocycles. The van der Waals surface area contributed by atoms with Crippen LogP contribution in [0.5, 0.6) is 0 Å². The predicted molar refractivity (Wildman–Crippen MR) is 66.0 cm³/mol. The fourth-order valence-electron chi connectivity index (χ4n) is 3.71. The van der Waals surface area contributed by atoms with Crippen LogP contribution in [-0.2, 0) is 6.42 Å². The molecule has 90 valence electrons. The number of carboxylic acids is 1. The molecule has 0 unspecified atom stereocenters. The number of rotatable bonds is 3. The van der Waals surface area contributed by atoms with Gasteiger partial charge in [-0.25, -0.2) is 4.79 Å². The van der Waals surface area contributed by atoms with Gasteiger partial charge in [0.1, 0.15) is 0 Å². The largest absolute Gasteiger partial charge is 0.478 e. The summed E-state index contributed by atoms with van der Waals surface area (Å²) in [5.74, 6) is 1.95. The van der Waals surface area contributed by atoms with Crippen molar-refractivity contribution in [1.82, 2.24) is 0 Å². The molecular formula is C15H18O2. The molecule has 2 heteroatoms. The van der Waals surface area contributed by atoms with E-state index in [2.05, 4.69) is 0 Å². The number of carboxylic acid groups (broad SMARTS) is 1. The zero-order chi connectivity index (χ0) is 11.8. The predicted octanol–water partition coefficient (Wildman–Crippen LogP) is 3.36. The van der Waals surface area contributed by atoms with Crippen molar-refractivity contribution < 1.29 is 9.90 Å². The minimum Gasteiger partial charge on any atom is -0.478 e. The van der Waals surface area contributed by atoms with E-state index in [0.717, 1.165) is 24.2 Å². The van der Waals surface area contributed by atoms with E-state index in [-0.39, 0.29) is 0 Å². The molecule has 3 atom stereocenters. The molecule has 0 saturated heterocycles. The second-order valence-corrected chi connectivity index (χ2v) is 5.64. The van der Waals surface area contributed by atoms with E-state index in [4.69, 9.17) is 5.11 Å². The van der Waals surface area contributed by atoms with E-state index in [1.807, 2.05) is 12.1 Å². The monoisotopic (exact) mass is 230 g/mol. The van der Waals surface area contributed by atoms with Crippen molar-refractivity contribution in [3.63, 3.8) is 0 Å². The van der Waals surface area contributed by atoms with Crippen molar-refractivity contribution >= 4 is 5.97 Å². The molecule has 2 aliphatic carbocycles. The van der Waals surface area contributed by atoms with Crippen LogP contribution >= 0.6 is 0 Å². The molecule has 0 radical (unpaired) electrons. The summed E-state index contributed by atoms with van der Waals surface area (Å²) in [6, 6.07) is 7.42. The molecule has 0 spiro atoms. The first-order valence-electron chi connectivity index (χ1n) is 6.54. The first-order valence-corrected chi connectivity index (χ1v) is 6.54. The van der Waals surface area contributed by atoms with Crippen LogP contribution in [-0.4, -0.2) is 11.1 Å². The molecular weight excluding hydrogens is 212 g/mol. The van der Waals surface area contributed by atoms with Gasteiger partial charge in [0, 0.05) is 0 Å². The maximum absolute atomic E-state index is 10.8. The van der Waals surface area contributed by atoms with Gasteiger partial charge in [0.25, 0.3) is 0 Å². The first kappa shape index (κ1) is 10.8. The third-order valence-corrected chi connectivity index (χ3v) is 4.58. The van der Waals surface area contributed by atoms with Crippen molar-refractivity contribution in [2.45, 2.75) is 32.1 Å². The molecule has 0 aromatic heterocycles. The lowest BCUT2D eigenvalue weighted by Gasteiger charge is -2.21. The highest BCUT2D eigenvalue weighted by molar-refractivity contribution is 5.87. The summed E-state index contributed by atoms with van der Waals surface area (Å²) in [5, 5.41) is 8.85. The number of benzene rings is 1. The molecule has 0 heterocycles. The fraction of sp³-hybridized carbons (Fsp3) is 0.533. The van der Waals surface area contributed by atoms with Crippen molar-refractivity contribution in [1.29, 1.82) is 0 Å². The van der Waals surface area contributed by atoms with Crippen molar-refractivity contribution in [3.8, 4) is 0 Å². The number of aromatic carboxylic acids is 1. The van der Waals surface area contributed by atoms with E-state index in [1.54, 1.807) is 12.1 Å². The lowest BCUT2D eigenvalue weighted by atomic mass is 9.84. The molecule has 2 nitrogen and oxygen atoms in total. The summed E-state index contributed by atoms with van der Waals surface area (Å²) in [6.45, 7) is 0. The van der Waals surface area contributed by atoms with Gasteiger partial charge in [-0.15, -0.1) is 0 Å². The Balaban J connectivity index is 1.67. The molecule has 2 bridgehead atoms. The Kier molecular flexibility index (Phi) is 2.65. The first-order chi connectivity index (χ1) is 8.22. The van der Waals surface area contributed by atoms with Crippen molar-refractivity contribution in [2.24, 2.45) is 17.8 Å². The summed E-state index contributed by atoms with van der Waals surface area (Å²) >= 11 is 0. The zero-order valence-corrected chi connectivity index (χ0v) is 9.93. The zero-order valence-electron chi connectivity index (χ0n) is 9.93. The van der Waals surface area contributed by atoms with Crippen molar-refractivity contribution in [2.75, 3.05) is 0 Å². The third kappa shape index (κ3) is 2.08. The SMILES string of the molecule is O=C(O)c1ccc(C[C@H]2C[C@@H]3CC[C@@H]2C3)cc1. The maximum Gasteiger partial charge on any atom is 0.335 e. The summed E-state index contributed by atoms with van der Waals surface area (Å²) in [5.41, 5.74) is 1.69. The quantitative estimate of drug-likeness (QED) is 0.864. The Hall–Kier alpha value is -1.31. The second kappa shape index (κ2) is 4.17. The summed E-state index contributed by atoms with van der Waals surface area (Å²) in [7, 11) is 0. The number of hydrogen-bond acceptors (Lipinski definition) is 1. The van der Waals surface area contributed by atoms with Gasteiger partial charge in [-0.3, -0.25) is 0 Å². The Morgan fingerprint density at radius 1 is 1.18 bits per heavy atom. The second-order valence-electron chi connectivity index (χ2n) is 5.64. The molecule has 0 amide bonds. The van der Waals surface area contributed by atoms with Gasteiger partial charge in [-0.05, 0) is 61.1 Å². The summed E-state index contributed by atoms with van der Waals surface area (Å²) in [6.07, 6.45) is 6.84. The van der Waals surface area contributed by atoms with Crippen LogP contribution in [0.2, 0.25) is 0 Å². The van der Waals surface area contributed by atoms with Crippen LogP contribution in [0.15, 0.2) is 24.3 Å². The Morgan fingerprint density at radius 2 is 1.94 bits per heavy atom.